The monoisotopic (exact) mass is 1020 g/mol. The van der Waals surface area contributed by atoms with E-state index in [4.69, 9.17) is 23.7 Å². The normalized spacial score (nSPS) is 19.2. The Morgan fingerprint density at radius 1 is 0.466 bits per heavy atom. The van der Waals surface area contributed by atoms with Crippen molar-refractivity contribution >= 4 is 23.9 Å². The summed E-state index contributed by atoms with van der Waals surface area (Å²) < 4.78 is 28.2. The molecule has 1 heterocycles. The molecule has 0 spiro atoms. The molecule has 6 atom stereocenters. The summed E-state index contributed by atoms with van der Waals surface area (Å²) in [6.07, 6.45) is 52.3. The Morgan fingerprint density at radius 2 is 0.890 bits per heavy atom. The second-order valence-electron chi connectivity index (χ2n) is 18.5. The molecule has 0 aromatic carbocycles. The molecule has 1 aliphatic rings. The molecule has 1 fully saturated rings. The van der Waals surface area contributed by atoms with Crippen molar-refractivity contribution in [3.63, 3.8) is 0 Å². The van der Waals surface area contributed by atoms with Crippen molar-refractivity contribution in [2.75, 3.05) is 13.2 Å². The highest BCUT2D eigenvalue weighted by molar-refractivity contribution is 5.74. The number of carboxylic acid groups (broad SMARTS) is 1. The van der Waals surface area contributed by atoms with Gasteiger partial charge in [0.2, 0.25) is 0 Å². The number of carbonyl (C=O) groups excluding carboxylic acids is 3. The van der Waals surface area contributed by atoms with Crippen LogP contribution in [0.15, 0.2) is 109 Å². The van der Waals surface area contributed by atoms with E-state index in [9.17, 15) is 34.5 Å². The maximum absolute atomic E-state index is 13.0. The second-order valence-corrected chi connectivity index (χ2v) is 18.5. The Morgan fingerprint density at radius 3 is 1.37 bits per heavy atom. The number of rotatable bonds is 45. The van der Waals surface area contributed by atoms with Crippen LogP contribution in [0.3, 0.4) is 0 Å². The van der Waals surface area contributed by atoms with E-state index < -0.39 is 67.3 Å². The molecule has 0 radical (unpaired) electrons. The van der Waals surface area contributed by atoms with Gasteiger partial charge in [0.15, 0.2) is 24.6 Å². The molecule has 412 valence electrons. The molecule has 0 saturated carbocycles. The van der Waals surface area contributed by atoms with Crippen LogP contribution in [0.5, 0.6) is 0 Å². The van der Waals surface area contributed by atoms with Gasteiger partial charge in [-0.15, -0.1) is 0 Å². The summed E-state index contributed by atoms with van der Waals surface area (Å²) in [5.74, 6) is -3.27. The minimum atomic E-state index is -1.93. The number of hydrogen-bond acceptors (Lipinski definition) is 11. The predicted octanol–water partition coefficient (Wildman–Crippen LogP) is 13.9. The molecule has 12 heteroatoms. The highest BCUT2D eigenvalue weighted by atomic mass is 16.7. The summed E-state index contributed by atoms with van der Waals surface area (Å²) in [5, 5.41) is 31.4. The number of carbonyl (C=O) groups is 4. The van der Waals surface area contributed by atoms with E-state index in [2.05, 4.69) is 112 Å². The number of hydrogen-bond donors (Lipinski definition) is 3. The summed E-state index contributed by atoms with van der Waals surface area (Å²) in [4.78, 5) is 50.9. The van der Waals surface area contributed by atoms with Gasteiger partial charge in [-0.3, -0.25) is 14.4 Å². The van der Waals surface area contributed by atoms with Gasteiger partial charge < -0.3 is 39.0 Å². The minimum Gasteiger partial charge on any atom is -0.479 e. The van der Waals surface area contributed by atoms with Crippen molar-refractivity contribution in [2.45, 2.75) is 237 Å². The molecule has 73 heavy (non-hydrogen) atoms. The fraction of sp³-hybridized carbons (Fsp3) is 0.639. The summed E-state index contributed by atoms with van der Waals surface area (Å²) in [5.41, 5.74) is 0. The van der Waals surface area contributed by atoms with Crippen molar-refractivity contribution in [1.29, 1.82) is 0 Å². The SMILES string of the molecule is CC/C=C\C/C=C\C/C=C\C/C=C\C/C=C\C/C=C\CCC(=O)OC1C(OCC(COC(=O)CCCCCCC/C=C\C/C=C\C/C=C\CC)OC(=O)CCCCCCCCCCC)OC(C(=O)O)C(O)C1O. The zero-order valence-corrected chi connectivity index (χ0v) is 45.1. The molecule has 1 rings (SSSR count). The lowest BCUT2D eigenvalue weighted by molar-refractivity contribution is -0.301. The lowest BCUT2D eigenvalue weighted by Gasteiger charge is -2.40. The molecule has 12 nitrogen and oxygen atoms in total. The topological polar surface area (TPSA) is 175 Å². The summed E-state index contributed by atoms with van der Waals surface area (Å²) in [7, 11) is 0. The first-order valence-corrected chi connectivity index (χ1v) is 27.9. The molecule has 0 aromatic heterocycles. The maximum Gasteiger partial charge on any atom is 0.335 e. The third kappa shape index (κ3) is 38.6. The Balaban J connectivity index is 2.73. The first-order chi connectivity index (χ1) is 35.6. The molecule has 0 aromatic rings. The largest absolute Gasteiger partial charge is 0.479 e. The van der Waals surface area contributed by atoms with Crippen LogP contribution in [0.2, 0.25) is 0 Å². The summed E-state index contributed by atoms with van der Waals surface area (Å²) >= 11 is 0. The van der Waals surface area contributed by atoms with E-state index in [0.717, 1.165) is 103 Å². The van der Waals surface area contributed by atoms with Crippen molar-refractivity contribution in [3.8, 4) is 0 Å². The fourth-order valence-corrected chi connectivity index (χ4v) is 7.64. The van der Waals surface area contributed by atoms with Gasteiger partial charge in [0.1, 0.15) is 18.8 Å². The number of aliphatic hydroxyl groups is 2. The average Bonchev–Trinajstić information content (AvgIpc) is 3.37. The van der Waals surface area contributed by atoms with Gasteiger partial charge in [0.25, 0.3) is 0 Å². The predicted molar refractivity (Wildman–Crippen MR) is 294 cm³/mol. The van der Waals surface area contributed by atoms with Crippen LogP contribution in [0, 0.1) is 0 Å². The summed E-state index contributed by atoms with van der Waals surface area (Å²) in [6.45, 7) is 5.67. The molecule has 0 aliphatic carbocycles. The molecule has 0 bridgehead atoms. The number of aliphatic hydroxyl groups excluding tert-OH is 2. The molecular formula is C61H96O12. The number of unbranched alkanes of at least 4 members (excludes halogenated alkanes) is 13. The molecule has 1 aliphatic heterocycles. The van der Waals surface area contributed by atoms with Gasteiger partial charge >= 0.3 is 23.9 Å². The molecule has 3 N–H and O–H groups in total. The van der Waals surface area contributed by atoms with E-state index >= 15 is 0 Å². The van der Waals surface area contributed by atoms with Gasteiger partial charge in [0, 0.05) is 19.3 Å². The minimum absolute atomic E-state index is 0.0707. The van der Waals surface area contributed by atoms with E-state index in [0.29, 0.717) is 25.7 Å². The van der Waals surface area contributed by atoms with Crippen molar-refractivity contribution in [2.24, 2.45) is 0 Å². The van der Waals surface area contributed by atoms with Gasteiger partial charge in [-0.1, -0.05) is 201 Å². The lowest BCUT2D eigenvalue weighted by Crippen LogP contribution is -2.61. The standard InChI is InChI=1S/C61H96O12/c1-4-7-10-13-16-19-21-23-25-26-27-28-30-32-34-37-40-43-46-49-55(64)72-59-57(66)56(65)58(60(67)68)73-61(59)70-51-52(71-54(63)48-45-42-39-35-18-15-12-9-6-3)50-69-53(62)47-44-41-38-36-33-31-29-24-22-20-17-14-11-8-5-2/h7-8,10-11,16-17,19-20,23-25,27-29,32,34,40,43,52,56-59,61,65-66H,4-6,9,12-15,18,21-22,26,30-31,33,35-39,41-42,44-51H2,1-3H3,(H,67,68)/b10-7-,11-8-,19-16-,20-17-,25-23-,28-27-,29-24-,34-32-,43-40-. The number of allylic oxidation sites excluding steroid dienone is 18. The Bertz CT molecular complexity index is 1690. The van der Waals surface area contributed by atoms with Crippen LogP contribution >= 0.6 is 0 Å². The number of esters is 3. The zero-order valence-electron chi connectivity index (χ0n) is 45.1. The molecule has 1 saturated heterocycles. The molecule has 6 unspecified atom stereocenters. The van der Waals surface area contributed by atoms with Crippen molar-refractivity contribution < 1.29 is 58.2 Å². The van der Waals surface area contributed by atoms with Gasteiger partial charge in [-0.25, -0.2) is 4.79 Å². The third-order valence-electron chi connectivity index (χ3n) is 11.9. The molecular weight excluding hydrogens is 925 g/mol. The van der Waals surface area contributed by atoms with E-state index in [1.807, 2.05) is 18.2 Å². The van der Waals surface area contributed by atoms with Crippen LogP contribution < -0.4 is 0 Å². The van der Waals surface area contributed by atoms with Gasteiger partial charge in [0.05, 0.1) is 6.61 Å². The number of carboxylic acids is 1. The first kappa shape index (κ1) is 66.4. The Labute approximate surface area is 440 Å². The van der Waals surface area contributed by atoms with E-state index in [1.165, 1.54) is 32.1 Å². The zero-order chi connectivity index (χ0) is 53.3. The fourth-order valence-electron chi connectivity index (χ4n) is 7.64. The number of aliphatic carboxylic acids is 1. The van der Waals surface area contributed by atoms with Gasteiger partial charge in [-0.05, 0) is 89.9 Å². The first-order valence-electron chi connectivity index (χ1n) is 27.9. The van der Waals surface area contributed by atoms with Crippen LogP contribution in [-0.4, -0.2) is 89.2 Å². The number of ether oxygens (including phenoxy) is 5. The molecule has 0 amide bonds. The summed E-state index contributed by atoms with van der Waals surface area (Å²) in [6, 6.07) is 0. The second kappa shape index (κ2) is 48.3. The third-order valence-corrected chi connectivity index (χ3v) is 11.9. The van der Waals surface area contributed by atoms with E-state index in [1.54, 1.807) is 0 Å². The van der Waals surface area contributed by atoms with Gasteiger partial charge in [-0.2, -0.15) is 0 Å². The van der Waals surface area contributed by atoms with Crippen LogP contribution in [0.25, 0.3) is 0 Å². The Kier molecular flexibility index (Phi) is 44.0. The average molecular weight is 1020 g/mol. The van der Waals surface area contributed by atoms with Crippen LogP contribution in [-0.2, 0) is 42.9 Å². The van der Waals surface area contributed by atoms with Crippen LogP contribution in [0.4, 0.5) is 0 Å². The highest BCUT2D eigenvalue weighted by Crippen LogP contribution is 2.26. The Hall–Kier alpha value is -4.62. The van der Waals surface area contributed by atoms with E-state index in [-0.39, 0.29) is 25.9 Å². The smallest absolute Gasteiger partial charge is 0.335 e. The lowest BCUT2D eigenvalue weighted by atomic mass is 9.98. The van der Waals surface area contributed by atoms with Crippen LogP contribution in [0.1, 0.15) is 201 Å². The maximum atomic E-state index is 13.0. The quantitative estimate of drug-likeness (QED) is 0.0228. The van der Waals surface area contributed by atoms with Crippen molar-refractivity contribution in [1.82, 2.24) is 0 Å². The highest BCUT2D eigenvalue weighted by Gasteiger charge is 2.50. The van der Waals surface area contributed by atoms with Crippen molar-refractivity contribution in [3.05, 3.63) is 109 Å².